The van der Waals surface area contributed by atoms with Gasteiger partial charge in [0.2, 0.25) is 11.8 Å². The molecule has 2 fully saturated rings. The van der Waals surface area contributed by atoms with E-state index in [1.165, 1.54) is 11.8 Å². The molecule has 1 unspecified atom stereocenters. The van der Waals surface area contributed by atoms with Crippen molar-refractivity contribution in [2.45, 2.75) is 91.8 Å². The zero-order chi connectivity index (χ0) is 27.4. The van der Waals surface area contributed by atoms with E-state index >= 15 is 0 Å². The average molecular weight is 507 g/mol. The van der Waals surface area contributed by atoms with Gasteiger partial charge < -0.3 is 15.1 Å². The lowest BCUT2D eigenvalue weighted by Crippen LogP contribution is -2.59. The largest absolute Gasteiger partial charge is 0.359 e. The van der Waals surface area contributed by atoms with Crippen molar-refractivity contribution < 1.29 is 28.8 Å². The molecule has 36 heavy (non-hydrogen) atoms. The predicted molar refractivity (Wildman–Crippen MR) is 134 cm³/mol. The third kappa shape index (κ3) is 7.15. The molecule has 0 aromatic rings. The van der Waals surface area contributed by atoms with Crippen molar-refractivity contribution in [3.8, 4) is 0 Å². The molecule has 0 radical (unpaired) electrons. The molecule has 10 heteroatoms. The van der Waals surface area contributed by atoms with Gasteiger partial charge in [-0.15, -0.1) is 5.06 Å². The van der Waals surface area contributed by atoms with Crippen molar-refractivity contribution in [1.29, 1.82) is 0 Å². The standard InChI is InChI=1S/C26H42N4O6/c1-16(2)19(15-17(3)25(35)36-30-20(31)12-13-21(30)32)29(8)24(34)22(26(4,5)6)27-23(33)18-11-9-10-14-28(18)7/h15-16,18-19,22H,9-14H2,1-8H3,(H,27,33)/b17-15+/t18?,19-,22-/m1/s1. The summed E-state index contributed by atoms with van der Waals surface area (Å²) in [5.41, 5.74) is -0.384. The van der Waals surface area contributed by atoms with Gasteiger partial charge in [-0.25, -0.2) is 4.79 Å². The van der Waals surface area contributed by atoms with Crippen LogP contribution in [0.3, 0.4) is 0 Å². The molecule has 2 saturated heterocycles. The first-order valence-corrected chi connectivity index (χ1v) is 12.7. The van der Waals surface area contributed by atoms with Gasteiger partial charge in [0, 0.05) is 25.5 Å². The zero-order valence-corrected chi connectivity index (χ0v) is 22.9. The van der Waals surface area contributed by atoms with Gasteiger partial charge in [0.05, 0.1) is 12.1 Å². The van der Waals surface area contributed by atoms with Crippen molar-refractivity contribution in [3.05, 3.63) is 11.6 Å². The molecule has 0 aromatic heterocycles. The summed E-state index contributed by atoms with van der Waals surface area (Å²) in [5.74, 6) is -2.43. The Kier molecular flexibility index (Phi) is 9.82. The van der Waals surface area contributed by atoms with Crippen LogP contribution in [0.4, 0.5) is 0 Å². The number of piperidine rings is 1. The molecule has 10 nitrogen and oxygen atoms in total. The Hall–Kier alpha value is -2.75. The fraction of sp³-hybridized carbons (Fsp3) is 0.731. The van der Waals surface area contributed by atoms with Crippen molar-refractivity contribution in [1.82, 2.24) is 20.2 Å². The molecule has 1 N–H and O–H groups in total. The highest BCUT2D eigenvalue weighted by Gasteiger charge is 2.39. The average Bonchev–Trinajstić information content (AvgIpc) is 3.11. The van der Waals surface area contributed by atoms with Crippen LogP contribution in [0.2, 0.25) is 0 Å². The van der Waals surface area contributed by atoms with Crippen LogP contribution < -0.4 is 5.32 Å². The van der Waals surface area contributed by atoms with Gasteiger partial charge in [0.1, 0.15) is 6.04 Å². The summed E-state index contributed by atoms with van der Waals surface area (Å²) in [5, 5.41) is 3.51. The molecular formula is C26H42N4O6. The van der Waals surface area contributed by atoms with Crippen molar-refractivity contribution in [2.75, 3.05) is 20.6 Å². The number of likely N-dealkylation sites (tertiary alicyclic amines) is 1. The van der Waals surface area contributed by atoms with Crippen LogP contribution in [0.25, 0.3) is 0 Å². The number of hydrogen-bond acceptors (Lipinski definition) is 7. The Balaban J connectivity index is 2.21. The molecule has 2 rings (SSSR count). The van der Waals surface area contributed by atoms with E-state index in [0.717, 1.165) is 25.8 Å². The Morgan fingerprint density at radius 3 is 2.19 bits per heavy atom. The molecule has 2 aliphatic rings. The van der Waals surface area contributed by atoms with Gasteiger partial charge in [-0.05, 0) is 44.7 Å². The van der Waals surface area contributed by atoms with Crippen molar-refractivity contribution in [3.63, 3.8) is 0 Å². The first kappa shape index (κ1) is 29.5. The minimum absolute atomic E-state index is 0.0112. The minimum atomic E-state index is -0.828. The van der Waals surface area contributed by atoms with E-state index in [0.29, 0.717) is 5.06 Å². The summed E-state index contributed by atoms with van der Waals surface area (Å²) in [6.07, 6.45) is 4.40. The molecule has 202 valence electrons. The first-order valence-electron chi connectivity index (χ1n) is 12.7. The van der Waals surface area contributed by atoms with Crippen LogP contribution in [-0.4, -0.2) is 83.2 Å². The molecule has 4 amide bonds. The highest BCUT2D eigenvalue weighted by Crippen LogP contribution is 2.25. The number of imide groups is 1. The van der Waals surface area contributed by atoms with Crippen LogP contribution in [0.15, 0.2) is 11.6 Å². The lowest BCUT2D eigenvalue weighted by Gasteiger charge is -2.39. The van der Waals surface area contributed by atoms with Crippen LogP contribution >= 0.6 is 0 Å². The third-order valence-corrected chi connectivity index (χ3v) is 6.87. The number of amides is 4. The molecule has 0 saturated carbocycles. The molecule has 2 heterocycles. The Morgan fingerprint density at radius 1 is 1.11 bits per heavy atom. The van der Waals surface area contributed by atoms with E-state index in [4.69, 9.17) is 4.84 Å². The second kappa shape index (κ2) is 12.0. The van der Waals surface area contributed by atoms with Crippen molar-refractivity contribution >= 4 is 29.6 Å². The number of hydrogen-bond donors (Lipinski definition) is 1. The summed E-state index contributed by atoms with van der Waals surface area (Å²) in [6, 6.07) is -1.53. The van der Waals surface area contributed by atoms with E-state index in [1.807, 2.05) is 46.6 Å². The van der Waals surface area contributed by atoms with E-state index in [2.05, 4.69) is 5.32 Å². The normalized spacial score (nSPS) is 21.4. The quantitative estimate of drug-likeness (QED) is 0.396. The number of nitrogens with zero attached hydrogens (tertiary/aromatic N) is 3. The fourth-order valence-corrected chi connectivity index (χ4v) is 4.53. The van der Waals surface area contributed by atoms with E-state index in [1.54, 1.807) is 13.1 Å². The van der Waals surface area contributed by atoms with Gasteiger partial charge in [0.25, 0.3) is 11.8 Å². The number of hydroxylamine groups is 2. The SMILES string of the molecule is C/C(=C\[C@H](C(C)C)N(C)C(=O)[C@@H](NC(=O)C1CCCCN1C)C(C)(C)C)C(=O)ON1C(=O)CCC1=O. The third-order valence-electron chi connectivity index (χ3n) is 6.87. The molecule has 0 spiro atoms. The number of rotatable bonds is 8. The number of likely N-dealkylation sites (N-methyl/N-ethyl adjacent to an activating group) is 2. The summed E-state index contributed by atoms with van der Waals surface area (Å²) in [7, 11) is 3.57. The minimum Gasteiger partial charge on any atom is -0.342 e. The second-order valence-corrected chi connectivity index (χ2v) is 11.3. The highest BCUT2D eigenvalue weighted by molar-refractivity contribution is 6.02. The molecule has 2 aliphatic heterocycles. The fourth-order valence-electron chi connectivity index (χ4n) is 4.53. The van der Waals surface area contributed by atoms with Crippen molar-refractivity contribution in [2.24, 2.45) is 11.3 Å². The lowest BCUT2D eigenvalue weighted by molar-refractivity contribution is -0.194. The second-order valence-electron chi connectivity index (χ2n) is 11.3. The monoisotopic (exact) mass is 506 g/mol. The molecule has 3 atom stereocenters. The summed E-state index contributed by atoms with van der Waals surface area (Å²) >= 11 is 0. The Bertz CT molecular complexity index is 891. The van der Waals surface area contributed by atoms with Gasteiger partial charge in [-0.1, -0.05) is 47.1 Å². The number of nitrogens with one attached hydrogen (secondary N) is 1. The van der Waals surface area contributed by atoms with E-state index in [9.17, 15) is 24.0 Å². The smallest absolute Gasteiger partial charge is 0.342 e. The molecular weight excluding hydrogens is 464 g/mol. The van der Waals surface area contributed by atoms with Crippen LogP contribution in [0.5, 0.6) is 0 Å². The van der Waals surface area contributed by atoms with Crippen LogP contribution in [0.1, 0.15) is 73.6 Å². The Labute approximate surface area is 214 Å². The number of carbonyl (C=O) groups excluding carboxylic acids is 5. The lowest BCUT2D eigenvalue weighted by atomic mass is 9.84. The topological polar surface area (TPSA) is 116 Å². The predicted octanol–water partition coefficient (Wildman–Crippen LogP) is 2.04. The van der Waals surface area contributed by atoms with Crippen LogP contribution in [-0.2, 0) is 28.8 Å². The maximum Gasteiger partial charge on any atom is 0.359 e. The van der Waals surface area contributed by atoms with Gasteiger partial charge in [0.15, 0.2) is 0 Å². The summed E-state index contributed by atoms with van der Waals surface area (Å²) in [6.45, 7) is 11.9. The van der Waals surface area contributed by atoms with Gasteiger partial charge in [-0.3, -0.25) is 24.1 Å². The van der Waals surface area contributed by atoms with Crippen LogP contribution in [0, 0.1) is 11.3 Å². The van der Waals surface area contributed by atoms with E-state index in [-0.39, 0.29) is 42.2 Å². The highest BCUT2D eigenvalue weighted by atomic mass is 16.7. The maximum absolute atomic E-state index is 13.7. The Morgan fingerprint density at radius 2 is 1.69 bits per heavy atom. The molecule has 0 aliphatic carbocycles. The van der Waals surface area contributed by atoms with Gasteiger partial charge in [-0.2, -0.15) is 0 Å². The summed E-state index contributed by atoms with van der Waals surface area (Å²) < 4.78 is 0. The van der Waals surface area contributed by atoms with E-state index < -0.39 is 35.3 Å². The maximum atomic E-state index is 13.7. The molecule has 0 bridgehead atoms. The van der Waals surface area contributed by atoms with Gasteiger partial charge >= 0.3 is 5.97 Å². The number of carbonyl (C=O) groups is 5. The zero-order valence-electron chi connectivity index (χ0n) is 22.9. The first-order chi connectivity index (χ1) is 16.6. The summed E-state index contributed by atoms with van der Waals surface area (Å²) in [4.78, 5) is 71.5. The molecule has 0 aromatic carbocycles.